The molecule has 0 unspecified atom stereocenters. The lowest BCUT2D eigenvalue weighted by Gasteiger charge is -2.16. The average Bonchev–Trinajstić information content (AvgIpc) is 2.73. The Balaban J connectivity index is 1.62. The number of hydrazone groups is 1. The molecule has 0 aliphatic heterocycles. The van der Waals surface area contributed by atoms with Gasteiger partial charge in [-0.1, -0.05) is 68.4 Å². The van der Waals surface area contributed by atoms with Gasteiger partial charge in [-0.05, 0) is 39.9 Å². The molecule has 30 heavy (non-hydrogen) atoms. The fourth-order valence-corrected chi connectivity index (χ4v) is 4.14. The molecule has 6 nitrogen and oxygen atoms in total. The van der Waals surface area contributed by atoms with E-state index in [4.69, 9.17) is 0 Å². The highest BCUT2D eigenvalue weighted by atomic mass is 32.2. The number of hydrogen-bond acceptors (Lipinski definition) is 4. The number of sulfonamides is 1. The minimum absolute atomic E-state index is 0.144. The minimum atomic E-state index is -3.80. The van der Waals surface area contributed by atoms with Crippen LogP contribution in [0, 0.1) is 0 Å². The van der Waals surface area contributed by atoms with Crippen LogP contribution in [0.1, 0.15) is 30.9 Å². The largest absolute Gasteiger partial charge is 0.272 e. The molecule has 0 radical (unpaired) electrons. The van der Waals surface area contributed by atoms with E-state index in [9.17, 15) is 13.2 Å². The van der Waals surface area contributed by atoms with E-state index in [0.717, 1.165) is 20.6 Å². The molecule has 0 bridgehead atoms. The van der Waals surface area contributed by atoms with Crippen molar-refractivity contribution in [3.8, 4) is 0 Å². The van der Waals surface area contributed by atoms with Gasteiger partial charge < -0.3 is 0 Å². The molecule has 0 saturated heterocycles. The molecule has 1 N–H and O–H groups in total. The zero-order valence-corrected chi connectivity index (χ0v) is 18.1. The van der Waals surface area contributed by atoms with Crippen LogP contribution in [-0.4, -0.2) is 38.4 Å². The maximum atomic E-state index is 12.8. The van der Waals surface area contributed by atoms with Gasteiger partial charge in [0.2, 0.25) is 10.0 Å². The van der Waals surface area contributed by atoms with Gasteiger partial charge in [-0.15, -0.1) is 0 Å². The number of nitrogens with one attached hydrogen (secondary N) is 1. The summed E-state index contributed by atoms with van der Waals surface area (Å²) in [4.78, 5) is 12.3. The number of carbonyl (C=O) groups is 1. The summed E-state index contributed by atoms with van der Waals surface area (Å²) in [7, 11) is -2.42. The number of nitrogens with zero attached hydrogens (tertiary/aromatic N) is 2. The fourth-order valence-electron chi connectivity index (χ4n) is 2.98. The van der Waals surface area contributed by atoms with Gasteiger partial charge >= 0.3 is 0 Å². The number of likely N-dealkylation sites (N-methyl/N-ethyl adjacent to an activating group) is 1. The molecular formula is C23H25N3O3S. The topological polar surface area (TPSA) is 78.8 Å². The van der Waals surface area contributed by atoms with Crippen molar-refractivity contribution >= 4 is 32.9 Å². The normalized spacial score (nSPS) is 12.2. The van der Waals surface area contributed by atoms with Gasteiger partial charge in [0.15, 0.2) is 0 Å². The summed E-state index contributed by atoms with van der Waals surface area (Å²) in [5.41, 5.74) is 4.44. The summed E-state index contributed by atoms with van der Waals surface area (Å²) in [6.45, 7) is 3.90. The van der Waals surface area contributed by atoms with Gasteiger partial charge in [0, 0.05) is 7.05 Å². The second kappa shape index (κ2) is 9.19. The molecule has 0 saturated carbocycles. The molecule has 0 spiro atoms. The third-order valence-electron chi connectivity index (χ3n) is 4.80. The van der Waals surface area contributed by atoms with Gasteiger partial charge in [0.1, 0.15) is 0 Å². The van der Waals surface area contributed by atoms with Crippen LogP contribution in [0.25, 0.3) is 10.8 Å². The van der Waals surface area contributed by atoms with Gasteiger partial charge in [-0.25, -0.2) is 13.8 Å². The Hall–Kier alpha value is -3.03. The van der Waals surface area contributed by atoms with E-state index >= 15 is 0 Å². The predicted octanol–water partition coefficient (Wildman–Crippen LogP) is 3.73. The van der Waals surface area contributed by atoms with E-state index in [2.05, 4.69) is 24.4 Å². The lowest BCUT2D eigenvalue weighted by atomic mass is 10.0. The van der Waals surface area contributed by atoms with E-state index in [-0.39, 0.29) is 11.4 Å². The highest BCUT2D eigenvalue weighted by Crippen LogP contribution is 2.21. The maximum absolute atomic E-state index is 12.8. The Morgan fingerprint density at radius 1 is 1.03 bits per heavy atom. The smallest absolute Gasteiger partial charge is 0.255 e. The Labute approximate surface area is 177 Å². The fraction of sp³-hybridized carbons (Fsp3) is 0.217. The summed E-state index contributed by atoms with van der Waals surface area (Å²) >= 11 is 0. The second-order valence-corrected chi connectivity index (χ2v) is 9.43. The highest BCUT2D eigenvalue weighted by molar-refractivity contribution is 7.89. The van der Waals surface area contributed by atoms with Gasteiger partial charge in [-0.2, -0.15) is 9.41 Å². The Morgan fingerprint density at radius 2 is 1.70 bits per heavy atom. The third kappa shape index (κ3) is 5.11. The SMILES string of the molecule is CC(C)c1ccc(/C=N\NC(=O)CN(C)S(=O)(=O)c2ccc3ccccc3c2)cc1. The van der Waals surface area contributed by atoms with Crippen LogP contribution >= 0.6 is 0 Å². The van der Waals surface area contributed by atoms with Crippen LogP contribution < -0.4 is 5.43 Å². The molecule has 3 aromatic rings. The predicted molar refractivity (Wildman–Crippen MR) is 120 cm³/mol. The first-order valence-electron chi connectivity index (χ1n) is 9.64. The van der Waals surface area contributed by atoms with Crippen molar-refractivity contribution in [2.75, 3.05) is 13.6 Å². The first-order chi connectivity index (χ1) is 14.3. The van der Waals surface area contributed by atoms with Crippen molar-refractivity contribution in [1.29, 1.82) is 0 Å². The molecule has 3 rings (SSSR count). The number of carbonyl (C=O) groups excluding carboxylic acids is 1. The molecule has 0 aliphatic rings. The number of benzene rings is 3. The first-order valence-corrected chi connectivity index (χ1v) is 11.1. The van der Waals surface area contributed by atoms with E-state index in [1.807, 2.05) is 48.5 Å². The van der Waals surface area contributed by atoms with Gasteiger partial charge in [-0.3, -0.25) is 4.79 Å². The molecule has 0 heterocycles. The Morgan fingerprint density at radius 3 is 2.37 bits per heavy atom. The monoisotopic (exact) mass is 423 g/mol. The van der Waals surface area contributed by atoms with Crippen molar-refractivity contribution in [1.82, 2.24) is 9.73 Å². The lowest BCUT2D eigenvalue weighted by Crippen LogP contribution is -2.36. The zero-order chi connectivity index (χ0) is 21.7. The summed E-state index contributed by atoms with van der Waals surface area (Å²) < 4.78 is 26.6. The highest BCUT2D eigenvalue weighted by Gasteiger charge is 2.23. The van der Waals surface area contributed by atoms with Crippen molar-refractivity contribution in [3.05, 3.63) is 77.9 Å². The van der Waals surface area contributed by atoms with Crippen LogP contribution in [0.2, 0.25) is 0 Å². The number of amides is 1. The summed E-state index contributed by atoms with van der Waals surface area (Å²) in [6.07, 6.45) is 1.53. The van der Waals surface area contributed by atoms with Crippen molar-refractivity contribution < 1.29 is 13.2 Å². The summed E-state index contributed by atoms with van der Waals surface area (Å²) in [5.74, 6) is -0.0762. The standard InChI is InChI=1S/C23H25N3O3S/c1-17(2)19-10-8-18(9-11-19)15-24-25-23(27)16-26(3)30(28,29)22-13-12-20-6-4-5-7-21(20)14-22/h4-15,17H,16H2,1-3H3,(H,25,27)/b24-15-. The van der Waals surface area contributed by atoms with E-state index in [0.29, 0.717) is 5.92 Å². The van der Waals surface area contributed by atoms with Gasteiger partial charge in [0.25, 0.3) is 5.91 Å². The zero-order valence-electron chi connectivity index (χ0n) is 17.2. The van der Waals surface area contributed by atoms with Crippen molar-refractivity contribution in [3.63, 3.8) is 0 Å². The average molecular weight is 424 g/mol. The summed E-state index contributed by atoms with van der Waals surface area (Å²) in [6, 6.07) is 20.3. The van der Waals surface area contributed by atoms with Crippen LogP contribution in [0.5, 0.6) is 0 Å². The van der Waals surface area contributed by atoms with Crippen LogP contribution in [0.4, 0.5) is 0 Å². The van der Waals surface area contributed by atoms with Gasteiger partial charge in [0.05, 0.1) is 17.7 Å². The molecule has 7 heteroatoms. The van der Waals surface area contributed by atoms with E-state index < -0.39 is 15.9 Å². The first kappa shape index (κ1) is 21.7. The molecule has 0 atom stereocenters. The number of fused-ring (bicyclic) bond motifs is 1. The second-order valence-electron chi connectivity index (χ2n) is 7.38. The van der Waals surface area contributed by atoms with Crippen molar-refractivity contribution in [2.24, 2.45) is 5.10 Å². The minimum Gasteiger partial charge on any atom is -0.272 e. The van der Waals surface area contributed by atoms with Crippen LogP contribution in [0.15, 0.2) is 76.7 Å². The van der Waals surface area contributed by atoms with Crippen molar-refractivity contribution in [2.45, 2.75) is 24.7 Å². The number of hydrogen-bond donors (Lipinski definition) is 1. The van der Waals surface area contributed by atoms with E-state index in [1.165, 1.54) is 18.8 Å². The molecule has 0 fully saturated rings. The molecule has 0 aliphatic carbocycles. The van der Waals surface area contributed by atoms with E-state index in [1.54, 1.807) is 18.2 Å². The molecule has 1 amide bonds. The molecule has 156 valence electrons. The Bertz CT molecular complexity index is 1170. The molecule has 0 aromatic heterocycles. The maximum Gasteiger partial charge on any atom is 0.255 e. The third-order valence-corrected chi connectivity index (χ3v) is 6.60. The Kier molecular flexibility index (Phi) is 6.64. The lowest BCUT2D eigenvalue weighted by molar-refractivity contribution is -0.121. The van der Waals surface area contributed by atoms with Crippen LogP contribution in [-0.2, 0) is 14.8 Å². The summed E-state index contributed by atoms with van der Waals surface area (Å²) in [5, 5.41) is 5.69. The quantitative estimate of drug-likeness (QED) is 0.464. The molecular weight excluding hydrogens is 398 g/mol. The number of rotatable bonds is 7. The molecule has 3 aromatic carbocycles. The van der Waals surface area contributed by atoms with Crippen LogP contribution in [0.3, 0.4) is 0 Å².